The molecular formula is C21H21ClF4N6O. The predicted octanol–water partition coefficient (Wildman–Crippen LogP) is 3.85. The molecule has 0 aliphatic heterocycles. The van der Waals surface area contributed by atoms with Gasteiger partial charge in [-0.05, 0) is 30.5 Å². The number of allylic oxidation sites excluding steroid dienone is 1. The van der Waals surface area contributed by atoms with Crippen molar-refractivity contribution in [2.75, 3.05) is 6.54 Å². The number of rotatable bonds is 6. The lowest BCUT2D eigenvalue weighted by Gasteiger charge is -2.42. The van der Waals surface area contributed by atoms with Gasteiger partial charge in [0.05, 0.1) is 17.5 Å². The molecule has 0 atom stereocenters. The molecule has 1 aromatic heterocycles. The van der Waals surface area contributed by atoms with Gasteiger partial charge < -0.3 is 16.8 Å². The summed E-state index contributed by atoms with van der Waals surface area (Å²) in [6.45, 7) is 3.28. The Bertz CT molecular complexity index is 1120. The van der Waals surface area contributed by atoms with E-state index in [0.29, 0.717) is 15.9 Å². The number of carbonyl (C=O) groups excluding carboxylic acids is 1. The molecule has 12 heteroatoms. The first-order valence-corrected chi connectivity index (χ1v) is 10.2. The molecule has 33 heavy (non-hydrogen) atoms. The van der Waals surface area contributed by atoms with E-state index in [1.807, 2.05) is 12.1 Å². The Morgan fingerprint density at radius 2 is 1.94 bits per heavy atom. The zero-order chi connectivity index (χ0) is 24.4. The minimum Gasteiger partial charge on any atom is -0.397 e. The summed E-state index contributed by atoms with van der Waals surface area (Å²) in [5.74, 6) is -2.60. The highest BCUT2D eigenvalue weighted by Crippen LogP contribution is 2.43. The number of nitrogens with one attached hydrogen (secondary N) is 1. The molecule has 1 amide bonds. The van der Waals surface area contributed by atoms with Crippen molar-refractivity contribution in [2.24, 2.45) is 16.5 Å². The number of hydrogen-bond donors (Lipinski definition) is 3. The quantitative estimate of drug-likeness (QED) is 0.250. The van der Waals surface area contributed by atoms with Gasteiger partial charge in [0.25, 0.3) is 5.91 Å². The van der Waals surface area contributed by atoms with Crippen molar-refractivity contribution < 1.29 is 22.4 Å². The Morgan fingerprint density at radius 1 is 1.30 bits per heavy atom. The van der Waals surface area contributed by atoms with E-state index in [0.717, 1.165) is 31.0 Å². The van der Waals surface area contributed by atoms with E-state index < -0.39 is 40.8 Å². The Labute approximate surface area is 191 Å². The molecule has 2 aromatic rings. The number of amides is 1. The molecule has 0 saturated heterocycles. The molecule has 7 nitrogen and oxygen atoms in total. The first kappa shape index (κ1) is 24.3. The van der Waals surface area contributed by atoms with Gasteiger partial charge in [0.2, 0.25) is 5.96 Å². The van der Waals surface area contributed by atoms with Gasteiger partial charge in [0.1, 0.15) is 0 Å². The summed E-state index contributed by atoms with van der Waals surface area (Å²) in [6.07, 6.45) is -1.10. The number of benzene rings is 1. The molecule has 1 heterocycles. The zero-order valence-corrected chi connectivity index (χ0v) is 18.0. The fourth-order valence-electron chi connectivity index (χ4n) is 3.45. The number of hydrogen-bond acceptors (Lipinski definition) is 4. The highest BCUT2D eigenvalue weighted by Gasteiger charge is 2.42. The van der Waals surface area contributed by atoms with Gasteiger partial charge in [-0.1, -0.05) is 36.7 Å². The molecule has 0 unspecified atom stereocenters. The third-order valence-electron chi connectivity index (χ3n) is 5.43. The molecule has 1 aliphatic rings. The molecule has 0 radical (unpaired) electrons. The van der Waals surface area contributed by atoms with Crippen LogP contribution >= 0.6 is 11.6 Å². The maximum absolute atomic E-state index is 13.5. The minimum atomic E-state index is -4.94. The van der Waals surface area contributed by atoms with Crippen LogP contribution in [0.25, 0.3) is 0 Å². The average Bonchev–Trinajstić information content (AvgIpc) is 3.18. The van der Waals surface area contributed by atoms with E-state index in [-0.39, 0.29) is 12.0 Å². The van der Waals surface area contributed by atoms with Crippen LogP contribution in [0.15, 0.2) is 59.8 Å². The van der Waals surface area contributed by atoms with Crippen LogP contribution in [-0.2, 0) is 11.6 Å². The number of aromatic nitrogens is 2. The molecule has 1 fully saturated rings. The monoisotopic (exact) mass is 484 g/mol. The summed E-state index contributed by atoms with van der Waals surface area (Å²) in [7, 11) is 0. The molecule has 176 valence electrons. The second kappa shape index (κ2) is 9.26. The standard InChI is InChI=1S/C21H21ClF4N6O/c1-12(27)16(23)9-29-19(28)32-10-15(17(31-32)21(24,25)26)18(33)30-11-20(7-2-8-20)13-3-5-14(22)6-4-13/h3-6,9-10H,1-2,7-8,11,27H2,(H2,28,29)(H,30,33)/b16-9+. The summed E-state index contributed by atoms with van der Waals surface area (Å²) < 4.78 is 54.5. The Balaban J connectivity index is 1.84. The molecule has 3 rings (SSSR count). The number of halogens is 5. The second-order valence-corrected chi connectivity index (χ2v) is 8.08. The van der Waals surface area contributed by atoms with Crippen molar-refractivity contribution in [3.05, 3.63) is 76.6 Å². The molecular weight excluding hydrogens is 464 g/mol. The first-order chi connectivity index (χ1) is 15.4. The van der Waals surface area contributed by atoms with Gasteiger partial charge in [-0.2, -0.15) is 18.3 Å². The van der Waals surface area contributed by atoms with Crippen molar-refractivity contribution >= 4 is 23.5 Å². The number of aliphatic imine (C=N–C) groups is 1. The topological polar surface area (TPSA) is 111 Å². The highest BCUT2D eigenvalue weighted by molar-refractivity contribution is 6.30. The maximum Gasteiger partial charge on any atom is 0.435 e. The summed E-state index contributed by atoms with van der Waals surface area (Å²) in [5, 5.41) is 6.46. The summed E-state index contributed by atoms with van der Waals surface area (Å²) in [6, 6.07) is 7.13. The van der Waals surface area contributed by atoms with Gasteiger partial charge >= 0.3 is 6.18 Å². The Kier molecular flexibility index (Phi) is 6.82. The first-order valence-electron chi connectivity index (χ1n) is 9.78. The smallest absolute Gasteiger partial charge is 0.397 e. The average molecular weight is 485 g/mol. The fraction of sp³-hybridized carbons (Fsp3) is 0.286. The number of nitrogens with two attached hydrogens (primary N) is 2. The lowest BCUT2D eigenvalue weighted by molar-refractivity contribution is -0.141. The van der Waals surface area contributed by atoms with Crippen LogP contribution in [0.1, 0.15) is 40.9 Å². The van der Waals surface area contributed by atoms with E-state index in [1.54, 1.807) is 12.1 Å². The third kappa shape index (κ3) is 5.36. The van der Waals surface area contributed by atoms with Crippen LogP contribution in [0.4, 0.5) is 17.6 Å². The molecule has 0 bridgehead atoms. The van der Waals surface area contributed by atoms with Crippen molar-refractivity contribution in [2.45, 2.75) is 30.9 Å². The minimum absolute atomic E-state index is 0.131. The fourth-order valence-corrected chi connectivity index (χ4v) is 3.58. The third-order valence-corrected chi connectivity index (χ3v) is 5.69. The lowest BCUT2D eigenvalue weighted by atomic mass is 9.64. The van der Waals surface area contributed by atoms with Crippen LogP contribution in [0.2, 0.25) is 5.02 Å². The Hall–Kier alpha value is -3.34. The number of carbonyl (C=O) groups is 1. The molecule has 5 N–H and O–H groups in total. The van der Waals surface area contributed by atoms with Gasteiger partial charge in [0, 0.05) is 23.2 Å². The van der Waals surface area contributed by atoms with E-state index in [2.05, 4.69) is 22.0 Å². The van der Waals surface area contributed by atoms with Crippen LogP contribution < -0.4 is 16.8 Å². The summed E-state index contributed by atoms with van der Waals surface area (Å²) in [5.41, 5.74) is 8.67. The second-order valence-electron chi connectivity index (χ2n) is 7.65. The van der Waals surface area contributed by atoms with Crippen molar-refractivity contribution in [3.8, 4) is 0 Å². The van der Waals surface area contributed by atoms with Gasteiger partial charge in [0.15, 0.2) is 11.5 Å². The van der Waals surface area contributed by atoms with Crippen molar-refractivity contribution in [1.29, 1.82) is 0 Å². The van der Waals surface area contributed by atoms with Crippen molar-refractivity contribution in [1.82, 2.24) is 15.1 Å². The summed E-state index contributed by atoms with van der Waals surface area (Å²) in [4.78, 5) is 16.2. The molecule has 1 aliphatic carbocycles. The largest absolute Gasteiger partial charge is 0.435 e. The predicted molar refractivity (Wildman–Crippen MR) is 116 cm³/mol. The normalized spacial score (nSPS) is 16.3. The van der Waals surface area contributed by atoms with Crippen LogP contribution in [0, 0.1) is 0 Å². The van der Waals surface area contributed by atoms with Crippen LogP contribution in [0.3, 0.4) is 0 Å². The summed E-state index contributed by atoms with van der Waals surface area (Å²) >= 11 is 5.93. The molecule has 1 aromatic carbocycles. The maximum atomic E-state index is 13.5. The van der Waals surface area contributed by atoms with Gasteiger partial charge in [-0.3, -0.25) is 4.79 Å². The van der Waals surface area contributed by atoms with Crippen molar-refractivity contribution in [3.63, 3.8) is 0 Å². The Morgan fingerprint density at radius 3 is 2.45 bits per heavy atom. The van der Waals surface area contributed by atoms with Gasteiger partial charge in [-0.25, -0.2) is 14.1 Å². The number of alkyl halides is 3. The van der Waals surface area contributed by atoms with E-state index >= 15 is 0 Å². The van der Waals surface area contributed by atoms with E-state index in [1.165, 1.54) is 0 Å². The molecule has 0 spiro atoms. The highest BCUT2D eigenvalue weighted by atomic mass is 35.5. The van der Waals surface area contributed by atoms with Crippen LogP contribution in [0.5, 0.6) is 0 Å². The van der Waals surface area contributed by atoms with Gasteiger partial charge in [-0.15, -0.1) is 0 Å². The van der Waals surface area contributed by atoms with Crippen LogP contribution in [-0.4, -0.2) is 28.2 Å². The van der Waals surface area contributed by atoms with E-state index in [4.69, 9.17) is 23.1 Å². The molecule has 1 saturated carbocycles. The van der Waals surface area contributed by atoms with E-state index in [9.17, 15) is 22.4 Å². The number of nitrogens with zero attached hydrogens (tertiary/aromatic N) is 3. The SMILES string of the molecule is C=C(N)/C(F)=C\N=C(/N)n1cc(C(=O)NCC2(c3ccc(Cl)cc3)CCC2)c(C(F)(F)F)n1. The zero-order valence-electron chi connectivity index (χ0n) is 17.3. The lowest BCUT2D eigenvalue weighted by Crippen LogP contribution is -2.45.